The topological polar surface area (TPSA) is 81.4 Å². The van der Waals surface area contributed by atoms with Crippen molar-refractivity contribution in [3.63, 3.8) is 0 Å². The Morgan fingerprint density at radius 1 is 1.33 bits per heavy atom. The van der Waals surface area contributed by atoms with E-state index in [0.29, 0.717) is 6.42 Å². The van der Waals surface area contributed by atoms with Crippen molar-refractivity contribution in [1.82, 2.24) is 5.16 Å². The minimum absolute atomic E-state index is 0.0538. The average Bonchev–Trinajstić information content (AvgIpc) is 2.99. The maximum Gasteiger partial charge on any atom is 0.306 e. The molecular formula is C20H27BrN2O4. The molecule has 6 nitrogen and oxygen atoms in total. The van der Waals surface area contributed by atoms with Crippen molar-refractivity contribution in [2.75, 3.05) is 11.9 Å². The molecule has 5 rings (SSSR count). The fourth-order valence-electron chi connectivity index (χ4n) is 5.84. The fourth-order valence-corrected chi connectivity index (χ4v) is 7.35. The predicted molar refractivity (Wildman–Crippen MR) is 104 cm³/mol. The Balaban J connectivity index is 1.28. The van der Waals surface area contributed by atoms with E-state index in [4.69, 9.17) is 9.26 Å². The van der Waals surface area contributed by atoms with Gasteiger partial charge in [0.25, 0.3) is 5.91 Å². The van der Waals surface area contributed by atoms with E-state index in [2.05, 4.69) is 26.4 Å². The van der Waals surface area contributed by atoms with Crippen molar-refractivity contribution >= 4 is 33.7 Å². The molecule has 1 N–H and O–H groups in total. The van der Waals surface area contributed by atoms with Crippen LogP contribution in [0.25, 0.3) is 0 Å². The van der Waals surface area contributed by atoms with Crippen molar-refractivity contribution in [3.8, 4) is 0 Å². The summed E-state index contributed by atoms with van der Waals surface area (Å²) in [4.78, 5) is 24.5. The number of halogens is 1. The standard InChI is InChI=1S/C20H27BrN2O4/c1-12(2)15-4-17(27-23-15)22-16(24)10-26-18(25)9-19-5-13-3-14(6-19)8-20(21,7-13)11-19/h4,12-14H,3,5-11H2,1-2H3,(H,22,24)/t13-,14-,19?,20?/m1/s1. The van der Waals surface area contributed by atoms with Gasteiger partial charge in [0.05, 0.1) is 12.1 Å². The Morgan fingerprint density at radius 2 is 2.04 bits per heavy atom. The second-order valence-electron chi connectivity index (χ2n) is 9.27. The van der Waals surface area contributed by atoms with Gasteiger partial charge in [0.1, 0.15) is 0 Å². The summed E-state index contributed by atoms with van der Waals surface area (Å²) < 4.78 is 10.6. The molecule has 1 heterocycles. The number of carbonyl (C=O) groups is 2. The number of alkyl halides is 1. The molecule has 1 amide bonds. The van der Waals surface area contributed by atoms with E-state index in [1.807, 2.05) is 13.8 Å². The highest BCUT2D eigenvalue weighted by atomic mass is 79.9. The SMILES string of the molecule is CC(C)c1cc(NC(=O)COC(=O)CC23C[C@H]4C[C@@H](CC(Br)(C4)C2)C3)on1. The molecule has 4 bridgehead atoms. The number of amides is 1. The van der Waals surface area contributed by atoms with Crippen LogP contribution in [0.3, 0.4) is 0 Å². The lowest BCUT2D eigenvalue weighted by Gasteiger charge is -2.60. The Labute approximate surface area is 167 Å². The van der Waals surface area contributed by atoms with E-state index in [0.717, 1.165) is 36.8 Å². The minimum Gasteiger partial charge on any atom is -0.456 e. The zero-order chi connectivity index (χ0) is 19.2. The number of aromatic nitrogens is 1. The predicted octanol–water partition coefficient (Wildman–Crippen LogP) is 4.40. The molecule has 0 spiro atoms. The molecule has 4 saturated carbocycles. The molecule has 0 unspecified atom stereocenters. The number of rotatable bonds is 6. The number of nitrogens with one attached hydrogen (secondary N) is 1. The van der Waals surface area contributed by atoms with E-state index < -0.39 is 5.91 Å². The second-order valence-corrected chi connectivity index (χ2v) is 11.0. The van der Waals surface area contributed by atoms with Gasteiger partial charge in [-0.1, -0.05) is 34.9 Å². The number of hydrogen-bond donors (Lipinski definition) is 1. The summed E-state index contributed by atoms with van der Waals surface area (Å²) in [7, 11) is 0. The number of hydrogen-bond acceptors (Lipinski definition) is 5. The van der Waals surface area contributed by atoms with Gasteiger partial charge in [-0.3, -0.25) is 14.9 Å². The van der Waals surface area contributed by atoms with Crippen LogP contribution in [0.15, 0.2) is 10.6 Å². The van der Waals surface area contributed by atoms with Gasteiger partial charge < -0.3 is 9.26 Å². The first-order chi connectivity index (χ1) is 12.7. The molecule has 7 heteroatoms. The van der Waals surface area contributed by atoms with Gasteiger partial charge >= 0.3 is 5.97 Å². The van der Waals surface area contributed by atoms with Crippen LogP contribution < -0.4 is 5.32 Å². The molecule has 27 heavy (non-hydrogen) atoms. The van der Waals surface area contributed by atoms with Crippen molar-refractivity contribution in [3.05, 3.63) is 11.8 Å². The summed E-state index contributed by atoms with van der Waals surface area (Å²) >= 11 is 3.96. The van der Waals surface area contributed by atoms with Gasteiger partial charge in [-0.25, -0.2) is 0 Å². The van der Waals surface area contributed by atoms with E-state index in [-0.39, 0.29) is 34.1 Å². The molecule has 2 atom stereocenters. The first-order valence-electron chi connectivity index (χ1n) is 9.85. The molecule has 148 valence electrons. The molecule has 0 saturated heterocycles. The van der Waals surface area contributed by atoms with Crippen molar-refractivity contribution in [1.29, 1.82) is 0 Å². The molecular weight excluding hydrogens is 412 g/mol. The Bertz CT molecular complexity index is 730. The van der Waals surface area contributed by atoms with Gasteiger partial charge in [0, 0.05) is 10.4 Å². The summed E-state index contributed by atoms with van der Waals surface area (Å²) in [6.07, 6.45) is 7.48. The van der Waals surface area contributed by atoms with Crippen molar-refractivity contribution < 1.29 is 18.8 Å². The average molecular weight is 439 g/mol. The summed E-state index contributed by atoms with van der Waals surface area (Å²) in [6, 6.07) is 1.69. The highest BCUT2D eigenvalue weighted by Gasteiger charge is 2.57. The summed E-state index contributed by atoms with van der Waals surface area (Å²) in [5, 5.41) is 6.48. The Hall–Kier alpha value is -1.37. The molecule has 0 radical (unpaired) electrons. The lowest BCUT2D eigenvalue weighted by Crippen LogP contribution is -2.53. The lowest BCUT2D eigenvalue weighted by molar-refractivity contribution is -0.153. The molecule has 1 aromatic heterocycles. The van der Waals surface area contributed by atoms with E-state index in [1.165, 1.54) is 19.3 Å². The molecule has 0 aliphatic heterocycles. The van der Waals surface area contributed by atoms with E-state index in [1.54, 1.807) is 6.07 Å². The van der Waals surface area contributed by atoms with Crippen LogP contribution in [0.1, 0.15) is 70.4 Å². The summed E-state index contributed by atoms with van der Waals surface area (Å²) in [5.74, 6) is 1.27. The van der Waals surface area contributed by atoms with Crippen LogP contribution in [-0.4, -0.2) is 28.0 Å². The molecule has 0 aromatic carbocycles. The highest BCUT2D eigenvalue weighted by Crippen LogP contribution is 2.65. The van der Waals surface area contributed by atoms with Crippen LogP contribution in [0.2, 0.25) is 0 Å². The monoisotopic (exact) mass is 438 g/mol. The first kappa shape index (κ1) is 19.0. The van der Waals surface area contributed by atoms with Gasteiger partial charge in [-0.2, -0.15) is 0 Å². The number of ether oxygens (including phenoxy) is 1. The van der Waals surface area contributed by atoms with Crippen LogP contribution in [0.4, 0.5) is 5.88 Å². The second kappa shape index (κ2) is 6.90. The third kappa shape index (κ3) is 4.08. The van der Waals surface area contributed by atoms with Crippen LogP contribution >= 0.6 is 15.9 Å². The van der Waals surface area contributed by atoms with Crippen molar-refractivity contribution in [2.45, 2.75) is 69.0 Å². The largest absolute Gasteiger partial charge is 0.456 e. The molecule has 4 aliphatic carbocycles. The number of carbonyl (C=O) groups excluding carboxylic acids is 2. The van der Waals surface area contributed by atoms with Crippen LogP contribution in [0, 0.1) is 17.3 Å². The summed E-state index contributed by atoms with van der Waals surface area (Å²) in [6.45, 7) is 3.69. The number of esters is 1. The number of nitrogens with zero attached hydrogens (tertiary/aromatic N) is 1. The Morgan fingerprint density at radius 3 is 2.63 bits per heavy atom. The molecule has 1 aromatic rings. The number of anilines is 1. The molecule has 4 fully saturated rings. The quantitative estimate of drug-likeness (QED) is 0.525. The first-order valence-corrected chi connectivity index (χ1v) is 10.6. The zero-order valence-corrected chi connectivity index (χ0v) is 17.5. The van der Waals surface area contributed by atoms with Crippen LogP contribution in [-0.2, 0) is 14.3 Å². The Kier molecular flexibility index (Phi) is 4.85. The third-order valence-electron chi connectivity index (χ3n) is 6.38. The van der Waals surface area contributed by atoms with Crippen molar-refractivity contribution in [2.24, 2.45) is 17.3 Å². The molecule has 4 aliphatic rings. The highest BCUT2D eigenvalue weighted by molar-refractivity contribution is 9.10. The fraction of sp³-hybridized carbons (Fsp3) is 0.750. The maximum absolute atomic E-state index is 12.4. The van der Waals surface area contributed by atoms with E-state index in [9.17, 15) is 9.59 Å². The van der Waals surface area contributed by atoms with Gasteiger partial charge in [-0.15, -0.1) is 0 Å². The van der Waals surface area contributed by atoms with Crippen LogP contribution in [0.5, 0.6) is 0 Å². The van der Waals surface area contributed by atoms with Gasteiger partial charge in [-0.05, 0) is 61.7 Å². The van der Waals surface area contributed by atoms with Gasteiger partial charge in [0.2, 0.25) is 5.88 Å². The smallest absolute Gasteiger partial charge is 0.306 e. The maximum atomic E-state index is 12.4. The summed E-state index contributed by atoms with van der Waals surface area (Å²) in [5.41, 5.74) is 0.825. The lowest BCUT2D eigenvalue weighted by atomic mass is 9.49. The normalized spacial score (nSPS) is 34.1. The van der Waals surface area contributed by atoms with Gasteiger partial charge in [0.15, 0.2) is 6.61 Å². The van der Waals surface area contributed by atoms with E-state index >= 15 is 0 Å². The minimum atomic E-state index is -0.405. The zero-order valence-electron chi connectivity index (χ0n) is 15.9. The third-order valence-corrected chi connectivity index (χ3v) is 7.30.